The van der Waals surface area contributed by atoms with Gasteiger partial charge in [-0.25, -0.2) is 0 Å². The summed E-state index contributed by atoms with van der Waals surface area (Å²) >= 11 is 0. The van der Waals surface area contributed by atoms with Gasteiger partial charge in [-0.15, -0.1) is 0 Å². The van der Waals surface area contributed by atoms with Crippen LogP contribution in [0, 0.1) is 11.3 Å². The Balaban J connectivity index is 1.79. The van der Waals surface area contributed by atoms with Crippen LogP contribution in [-0.2, 0) is 4.74 Å². The molecular weight excluding hydrogens is 238 g/mol. The molecule has 1 unspecified atom stereocenters. The Kier molecular flexibility index (Phi) is 5.83. The van der Waals surface area contributed by atoms with Crippen LogP contribution in [0.5, 0.6) is 0 Å². The highest BCUT2D eigenvalue weighted by molar-refractivity contribution is 5.19. The van der Waals surface area contributed by atoms with E-state index in [0.29, 0.717) is 6.42 Å². The number of benzene rings is 1. The first-order chi connectivity index (χ1) is 9.40. The Hall–Kier alpha value is -1.41. The van der Waals surface area contributed by atoms with E-state index < -0.39 is 0 Å². The molecular formula is C15H21N3O. The van der Waals surface area contributed by atoms with Gasteiger partial charge in [-0.1, -0.05) is 30.3 Å². The normalized spacial score (nSPS) is 17.8. The van der Waals surface area contributed by atoms with E-state index in [9.17, 15) is 0 Å². The maximum Gasteiger partial charge on any atom is 0.0641 e. The molecule has 0 aromatic heterocycles. The number of nitrogens with one attached hydrogen (secondary N) is 1. The quantitative estimate of drug-likeness (QED) is 0.842. The molecule has 4 nitrogen and oxygen atoms in total. The second-order valence-electron chi connectivity index (χ2n) is 4.73. The fourth-order valence-electron chi connectivity index (χ4n) is 2.31. The topological polar surface area (TPSA) is 48.3 Å². The van der Waals surface area contributed by atoms with Crippen LogP contribution in [0.2, 0.25) is 0 Å². The molecule has 2 rings (SSSR count). The minimum absolute atomic E-state index is 0.132. The van der Waals surface area contributed by atoms with Gasteiger partial charge in [0.25, 0.3) is 0 Å². The van der Waals surface area contributed by atoms with Crippen LogP contribution in [0.1, 0.15) is 18.0 Å². The van der Waals surface area contributed by atoms with Crippen molar-refractivity contribution < 1.29 is 4.74 Å². The van der Waals surface area contributed by atoms with Crippen LogP contribution < -0.4 is 5.32 Å². The standard InChI is InChI=1S/C15H21N3O/c16-7-6-15(14-4-2-1-3-5-14)17-8-9-18-10-12-19-13-11-18/h1-5,15,17H,6,8-13H2. The highest BCUT2D eigenvalue weighted by atomic mass is 16.5. The van der Waals surface area contributed by atoms with Crippen LogP contribution >= 0.6 is 0 Å². The minimum atomic E-state index is 0.132. The van der Waals surface area contributed by atoms with Crippen LogP contribution in [0.25, 0.3) is 0 Å². The van der Waals surface area contributed by atoms with E-state index in [1.54, 1.807) is 0 Å². The number of nitriles is 1. The first kappa shape index (κ1) is 14.0. The van der Waals surface area contributed by atoms with Crippen molar-refractivity contribution in [1.29, 1.82) is 5.26 Å². The third-order valence-corrected chi connectivity index (χ3v) is 3.42. The molecule has 0 radical (unpaired) electrons. The molecule has 1 heterocycles. The minimum Gasteiger partial charge on any atom is -0.379 e. The van der Waals surface area contributed by atoms with Gasteiger partial charge in [0.15, 0.2) is 0 Å². The van der Waals surface area contributed by atoms with Crippen molar-refractivity contribution in [2.75, 3.05) is 39.4 Å². The molecule has 1 saturated heterocycles. The molecule has 1 aliphatic heterocycles. The summed E-state index contributed by atoms with van der Waals surface area (Å²) in [5, 5.41) is 12.4. The maximum atomic E-state index is 8.93. The summed E-state index contributed by atoms with van der Waals surface area (Å²) in [7, 11) is 0. The van der Waals surface area contributed by atoms with Crippen molar-refractivity contribution in [2.24, 2.45) is 0 Å². The number of ether oxygens (including phenoxy) is 1. The van der Waals surface area contributed by atoms with E-state index in [2.05, 4.69) is 28.4 Å². The number of hydrogen-bond donors (Lipinski definition) is 1. The van der Waals surface area contributed by atoms with E-state index in [1.165, 1.54) is 5.56 Å². The maximum absolute atomic E-state index is 8.93. The Morgan fingerprint density at radius 2 is 2.00 bits per heavy atom. The predicted octanol–water partition coefficient (Wildman–Crippen LogP) is 1.56. The molecule has 1 atom stereocenters. The number of rotatable bonds is 6. The molecule has 1 fully saturated rings. The zero-order valence-corrected chi connectivity index (χ0v) is 11.2. The second-order valence-corrected chi connectivity index (χ2v) is 4.73. The van der Waals surface area contributed by atoms with Crippen LogP contribution in [0.15, 0.2) is 30.3 Å². The van der Waals surface area contributed by atoms with Crippen LogP contribution in [0.4, 0.5) is 0 Å². The van der Waals surface area contributed by atoms with Gasteiger partial charge in [-0.3, -0.25) is 4.90 Å². The van der Waals surface area contributed by atoms with Crippen molar-refractivity contribution in [3.05, 3.63) is 35.9 Å². The largest absolute Gasteiger partial charge is 0.379 e. The van der Waals surface area contributed by atoms with Crippen molar-refractivity contribution in [3.63, 3.8) is 0 Å². The number of morpholine rings is 1. The fraction of sp³-hybridized carbons (Fsp3) is 0.533. The van der Waals surface area contributed by atoms with E-state index in [4.69, 9.17) is 10.00 Å². The summed E-state index contributed by atoms with van der Waals surface area (Å²) in [6.07, 6.45) is 0.507. The Labute approximate surface area is 115 Å². The Bertz CT molecular complexity index is 396. The van der Waals surface area contributed by atoms with E-state index >= 15 is 0 Å². The average Bonchev–Trinajstić information content (AvgIpc) is 2.48. The lowest BCUT2D eigenvalue weighted by molar-refractivity contribution is 0.0381. The summed E-state index contributed by atoms with van der Waals surface area (Å²) in [4.78, 5) is 2.39. The van der Waals surface area contributed by atoms with Gasteiger partial charge in [0, 0.05) is 32.2 Å². The Morgan fingerprint density at radius 3 is 2.68 bits per heavy atom. The molecule has 4 heteroatoms. The van der Waals surface area contributed by atoms with E-state index in [-0.39, 0.29) is 6.04 Å². The first-order valence-electron chi connectivity index (χ1n) is 6.85. The van der Waals surface area contributed by atoms with Crippen LogP contribution in [-0.4, -0.2) is 44.3 Å². The second kappa shape index (κ2) is 7.90. The molecule has 0 spiro atoms. The summed E-state index contributed by atoms with van der Waals surface area (Å²) in [5.41, 5.74) is 1.19. The van der Waals surface area contributed by atoms with Gasteiger partial charge in [-0.05, 0) is 5.56 Å². The fourth-order valence-corrected chi connectivity index (χ4v) is 2.31. The third kappa shape index (κ3) is 4.64. The van der Waals surface area contributed by atoms with Crippen LogP contribution in [0.3, 0.4) is 0 Å². The van der Waals surface area contributed by atoms with Crippen molar-refractivity contribution >= 4 is 0 Å². The summed E-state index contributed by atoms with van der Waals surface area (Å²) in [6, 6.07) is 12.6. The highest BCUT2D eigenvalue weighted by Crippen LogP contribution is 2.15. The molecule has 0 amide bonds. The molecule has 102 valence electrons. The number of hydrogen-bond acceptors (Lipinski definition) is 4. The Morgan fingerprint density at radius 1 is 1.26 bits per heavy atom. The highest BCUT2D eigenvalue weighted by Gasteiger charge is 2.12. The zero-order chi connectivity index (χ0) is 13.3. The predicted molar refractivity (Wildman–Crippen MR) is 74.7 cm³/mol. The average molecular weight is 259 g/mol. The molecule has 1 aromatic rings. The smallest absolute Gasteiger partial charge is 0.0641 e. The van der Waals surface area contributed by atoms with Crippen molar-refractivity contribution in [1.82, 2.24) is 10.2 Å². The summed E-state index contributed by atoms with van der Waals surface area (Å²) in [5.74, 6) is 0. The van der Waals surface area contributed by atoms with Gasteiger partial charge in [0.05, 0.1) is 25.7 Å². The van der Waals surface area contributed by atoms with Gasteiger partial charge in [-0.2, -0.15) is 5.26 Å². The van der Waals surface area contributed by atoms with Gasteiger partial charge in [0.2, 0.25) is 0 Å². The molecule has 1 N–H and O–H groups in total. The first-order valence-corrected chi connectivity index (χ1v) is 6.85. The molecule has 19 heavy (non-hydrogen) atoms. The number of nitrogens with zero attached hydrogens (tertiary/aromatic N) is 2. The monoisotopic (exact) mass is 259 g/mol. The molecule has 0 saturated carbocycles. The summed E-state index contributed by atoms with van der Waals surface area (Å²) < 4.78 is 5.33. The lowest BCUT2D eigenvalue weighted by Crippen LogP contribution is -2.40. The SMILES string of the molecule is N#CCC(NCCN1CCOCC1)c1ccccc1. The molecule has 0 aliphatic carbocycles. The lowest BCUT2D eigenvalue weighted by atomic mass is 10.0. The molecule has 0 bridgehead atoms. The van der Waals surface area contributed by atoms with E-state index in [0.717, 1.165) is 39.4 Å². The van der Waals surface area contributed by atoms with Gasteiger partial charge >= 0.3 is 0 Å². The third-order valence-electron chi connectivity index (χ3n) is 3.42. The van der Waals surface area contributed by atoms with Gasteiger partial charge in [0.1, 0.15) is 0 Å². The van der Waals surface area contributed by atoms with Crippen molar-refractivity contribution in [2.45, 2.75) is 12.5 Å². The lowest BCUT2D eigenvalue weighted by Gasteiger charge is -2.27. The van der Waals surface area contributed by atoms with Crippen molar-refractivity contribution in [3.8, 4) is 6.07 Å². The van der Waals surface area contributed by atoms with Gasteiger partial charge < -0.3 is 10.1 Å². The molecule has 1 aliphatic rings. The zero-order valence-electron chi connectivity index (χ0n) is 11.2. The molecule has 1 aromatic carbocycles. The summed E-state index contributed by atoms with van der Waals surface area (Å²) in [6.45, 7) is 5.60. The van der Waals surface area contributed by atoms with E-state index in [1.807, 2.05) is 18.2 Å².